The maximum Gasteiger partial charge on any atom is 0.243 e. The van der Waals surface area contributed by atoms with Crippen LogP contribution in [0.25, 0.3) is 10.9 Å². The van der Waals surface area contributed by atoms with Gasteiger partial charge in [-0.15, -0.1) is 0 Å². The highest BCUT2D eigenvalue weighted by molar-refractivity contribution is 5.99. The Bertz CT molecular complexity index is 2560. The van der Waals surface area contributed by atoms with Crippen LogP contribution in [0.2, 0.25) is 0 Å². The van der Waals surface area contributed by atoms with Gasteiger partial charge in [-0.1, -0.05) is 48.5 Å². The zero-order chi connectivity index (χ0) is 55.0. The van der Waals surface area contributed by atoms with Crippen molar-refractivity contribution in [3.63, 3.8) is 0 Å². The van der Waals surface area contributed by atoms with Gasteiger partial charge in [-0.25, -0.2) is 0 Å². The summed E-state index contributed by atoms with van der Waals surface area (Å²) in [5.74, 6) is -9.09. The number of hydrogen-bond acceptors (Lipinski definition) is 12. The van der Waals surface area contributed by atoms with Crippen LogP contribution < -0.4 is 76.9 Å². The van der Waals surface area contributed by atoms with Gasteiger partial charge >= 0.3 is 0 Å². The lowest BCUT2D eigenvalue weighted by molar-refractivity contribution is -0.136. The van der Waals surface area contributed by atoms with Crippen LogP contribution in [0.3, 0.4) is 0 Å². The van der Waals surface area contributed by atoms with Crippen molar-refractivity contribution in [3.05, 3.63) is 71.9 Å². The molecule has 27 nitrogen and oxygen atoms in total. The molecule has 2 unspecified atom stereocenters. The molecule has 10 amide bonds. The highest BCUT2D eigenvalue weighted by Crippen LogP contribution is 2.20. The Balaban J connectivity index is 1.77. The summed E-state index contributed by atoms with van der Waals surface area (Å²) in [5.41, 5.74) is 35.1. The maximum absolute atomic E-state index is 14.6. The number of nitrogens with one attached hydrogen (secondary N) is 9. The summed E-state index contributed by atoms with van der Waals surface area (Å²) in [6.45, 7) is 1.21. The van der Waals surface area contributed by atoms with Gasteiger partial charge < -0.3 is 81.9 Å². The van der Waals surface area contributed by atoms with Crippen molar-refractivity contribution < 1.29 is 47.9 Å². The van der Waals surface area contributed by atoms with Crippen LogP contribution in [0, 0.1) is 0 Å². The van der Waals surface area contributed by atoms with Crippen LogP contribution in [0.4, 0.5) is 0 Å². The molecule has 0 aliphatic carbocycles. The van der Waals surface area contributed by atoms with Crippen molar-refractivity contribution in [2.24, 2.45) is 44.4 Å². The van der Waals surface area contributed by atoms with E-state index in [1.54, 1.807) is 54.7 Å². The van der Waals surface area contributed by atoms with Crippen LogP contribution >= 0.6 is 0 Å². The van der Waals surface area contributed by atoms with E-state index in [1.165, 1.54) is 6.92 Å². The third-order valence-electron chi connectivity index (χ3n) is 11.8. The number of nitrogens with zero attached hydrogens (tertiary/aromatic N) is 2. The molecule has 1 aliphatic heterocycles. The molecule has 2 aromatic carbocycles. The number of hydrogen-bond donors (Lipinski definition) is 15. The first-order valence-electron chi connectivity index (χ1n) is 24.3. The predicted octanol–water partition coefficient (Wildman–Crippen LogP) is -4.48. The minimum Gasteiger partial charge on any atom is -0.370 e. The van der Waals surface area contributed by atoms with E-state index in [4.69, 9.17) is 34.4 Å². The number of para-hydroxylation sites is 1. The van der Waals surface area contributed by atoms with Gasteiger partial charge in [-0.05, 0) is 62.1 Å². The van der Waals surface area contributed by atoms with Gasteiger partial charge in [0.25, 0.3) is 0 Å². The Hall–Kier alpha value is -8.78. The van der Waals surface area contributed by atoms with Crippen molar-refractivity contribution in [1.82, 2.24) is 47.5 Å². The Morgan fingerprint density at radius 2 is 1.27 bits per heavy atom. The van der Waals surface area contributed by atoms with Crippen molar-refractivity contribution in [3.8, 4) is 0 Å². The van der Waals surface area contributed by atoms with Crippen LogP contribution in [0.15, 0.2) is 70.8 Å². The average Bonchev–Trinajstić information content (AvgIpc) is 3.76. The SMILES string of the molecule is CC(=O)N[C@@H](CCCN=C(N)N)C(=O)NC1CCCNC(=O)CC[C@@H](C(N)=O)NC(=O)[C@H](Cc2c[nH]c3ccccc23)NC(=O)[C@H](CCCN=C(N)N)NC(=O)C(Cc2ccccc2)NC(=O)[C@H](CC(N)=O)NC1=O. The molecule has 21 N–H and O–H groups in total. The highest BCUT2D eigenvalue weighted by Gasteiger charge is 2.35. The first-order chi connectivity index (χ1) is 35.7. The number of carbonyl (C=O) groups is 10. The number of amides is 10. The number of aliphatic imine (C=N–C) groups is 2. The molecule has 1 aliphatic rings. The fraction of sp³-hybridized carbons (Fsp3) is 0.458. The first kappa shape index (κ1) is 58.8. The summed E-state index contributed by atoms with van der Waals surface area (Å²) in [7, 11) is 0. The molecular weight excluding hydrogens is 975 g/mol. The smallest absolute Gasteiger partial charge is 0.243 e. The molecule has 1 saturated heterocycles. The van der Waals surface area contributed by atoms with E-state index in [0.717, 1.165) is 10.9 Å². The number of aromatic nitrogens is 1. The van der Waals surface area contributed by atoms with Crippen LogP contribution in [0.5, 0.6) is 0 Å². The van der Waals surface area contributed by atoms with Gasteiger partial charge in [0.2, 0.25) is 59.1 Å². The lowest BCUT2D eigenvalue weighted by Crippen LogP contribution is -2.60. The second kappa shape index (κ2) is 29.7. The summed E-state index contributed by atoms with van der Waals surface area (Å²) in [6.07, 6.45) is 0.0408. The summed E-state index contributed by atoms with van der Waals surface area (Å²) >= 11 is 0. The number of primary amides is 2. The summed E-state index contributed by atoms with van der Waals surface area (Å²) in [6, 6.07) is 5.48. The molecule has 406 valence electrons. The molecule has 27 heteroatoms. The lowest BCUT2D eigenvalue weighted by Gasteiger charge is -2.28. The van der Waals surface area contributed by atoms with Gasteiger partial charge in [0, 0.05) is 62.9 Å². The summed E-state index contributed by atoms with van der Waals surface area (Å²) in [5, 5.41) is 21.5. The predicted molar refractivity (Wildman–Crippen MR) is 276 cm³/mol. The van der Waals surface area contributed by atoms with E-state index >= 15 is 0 Å². The third-order valence-corrected chi connectivity index (χ3v) is 11.8. The van der Waals surface area contributed by atoms with Gasteiger partial charge in [-0.2, -0.15) is 0 Å². The van der Waals surface area contributed by atoms with Gasteiger partial charge in [-0.3, -0.25) is 57.9 Å². The number of nitrogens with two attached hydrogens (primary N) is 6. The minimum absolute atomic E-state index is 0.0164. The topological polar surface area (TPSA) is 464 Å². The number of H-pyrrole nitrogens is 1. The molecule has 1 fully saturated rings. The van der Waals surface area contributed by atoms with E-state index in [0.29, 0.717) is 11.1 Å². The molecule has 0 radical (unpaired) electrons. The Kier molecular flexibility index (Phi) is 23.3. The third kappa shape index (κ3) is 20.3. The van der Waals surface area contributed by atoms with Crippen molar-refractivity contribution in [2.45, 2.75) is 120 Å². The lowest BCUT2D eigenvalue weighted by atomic mass is 10.0. The molecule has 0 spiro atoms. The number of guanidine groups is 2. The summed E-state index contributed by atoms with van der Waals surface area (Å²) < 4.78 is 0. The normalized spacial score (nSPS) is 21.0. The average molecular weight is 1040 g/mol. The molecule has 4 rings (SSSR count). The Morgan fingerprint density at radius 3 is 1.92 bits per heavy atom. The zero-order valence-electron chi connectivity index (χ0n) is 41.7. The van der Waals surface area contributed by atoms with E-state index < -0.39 is 108 Å². The van der Waals surface area contributed by atoms with E-state index in [-0.39, 0.29) is 95.8 Å². The zero-order valence-corrected chi connectivity index (χ0v) is 41.7. The maximum atomic E-state index is 14.6. The molecule has 1 aromatic heterocycles. The van der Waals surface area contributed by atoms with E-state index in [9.17, 15) is 47.9 Å². The molecule has 7 atom stereocenters. The monoisotopic (exact) mass is 1040 g/mol. The number of aromatic amines is 1. The molecule has 3 aromatic rings. The molecule has 0 saturated carbocycles. The largest absolute Gasteiger partial charge is 0.370 e. The van der Waals surface area contributed by atoms with Crippen LogP contribution in [-0.2, 0) is 60.8 Å². The molecule has 2 heterocycles. The molecule has 0 bridgehead atoms. The van der Waals surface area contributed by atoms with Gasteiger partial charge in [0.15, 0.2) is 11.9 Å². The van der Waals surface area contributed by atoms with E-state index in [2.05, 4.69) is 57.5 Å². The highest BCUT2D eigenvalue weighted by atomic mass is 16.2. The second-order valence-electron chi connectivity index (χ2n) is 17.9. The van der Waals surface area contributed by atoms with E-state index in [1.807, 2.05) is 6.07 Å². The van der Waals surface area contributed by atoms with Crippen LogP contribution in [-0.4, -0.2) is 138 Å². The van der Waals surface area contributed by atoms with Crippen molar-refractivity contribution >= 4 is 81.9 Å². The number of benzene rings is 2. The Morgan fingerprint density at radius 1 is 0.680 bits per heavy atom. The summed E-state index contributed by atoms with van der Waals surface area (Å²) in [4.78, 5) is 147. The van der Waals surface area contributed by atoms with Crippen molar-refractivity contribution in [2.75, 3.05) is 19.6 Å². The fourth-order valence-corrected chi connectivity index (χ4v) is 8.08. The molecular formula is C48H69N17O10. The quantitative estimate of drug-likeness (QED) is 0.0325. The van der Waals surface area contributed by atoms with Crippen LogP contribution in [0.1, 0.15) is 75.8 Å². The number of carbonyl (C=O) groups excluding carboxylic acids is 10. The second-order valence-corrected chi connectivity index (χ2v) is 17.9. The van der Waals surface area contributed by atoms with Gasteiger partial charge in [0.05, 0.1) is 6.42 Å². The van der Waals surface area contributed by atoms with Crippen molar-refractivity contribution in [1.29, 1.82) is 0 Å². The number of rotatable bonds is 18. The van der Waals surface area contributed by atoms with Gasteiger partial charge in [0.1, 0.15) is 42.3 Å². The Labute approximate surface area is 432 Å². The number of fused-ring (bicyclic) bond motifs is 1. The first-order valence-corrected chi connectivity index (χ1v) is 24.3. The standard InChI is InChI=1S/C48H69N17O10/c1-26(66)59-32(14-8-20-56-47(51)52)41(70)61-33-15-7-19-55-39(68)18-17-31(40(50)69)60-45(74)36(23-28-25-58-30-13-6-5-12-29(28)30)64-42(71)34(16-9-21-57-48(53)54)62-44(73)35(22-27-10-3-2-4-11-27)63-46(75)37(24-38(49)67)65-43(33)72/h2-6,10-13,25,31-37,58H,7-9,14-24H2,1H3,(H2,49,67)(H2,50,69)(H,55,68)(H,59,66)(H,60,74)(H,61,70)(H,62,73)(H,63,75)(H,64,71)(H,65,72)(H4,51,52,56)(H4,53,54,57)/t31-,32-,33?,34-,35?,36-,37-/m0/s1. The fourth-order valence-electron chi connectivity index (χ4n) is 8.08. The molecule has 75 heavy (non-hydrogen) atoms. The minimum atomic E-state index is -1.74.